The highest BCUT2D eigenvalue weighted by molar-refractivity contribution is 6.05. The van der Waals surface area contributed by atoms with Crippen molar-refractivity contribution in [2.75, 3.05) is 30.9 Å². The first kappa shape index (κ1) is 22.0. The number of aromatic nitrogens is 4. The summed E-state index contributed by atoms with van der Waals surface area (Å²) in [5, 5.41) is 16.6. The van der Waals surface area contributed by atoms with E-state index >= 15 is 0 Å². The number of nitrogens with one attached hydrogen (secondary N) is 2. The second kappa shape index (κ2) is 9.59. The summed E-state index contributed by atoms with van der Waals surface area (Å²) in [6, 6.07) is 16.0. The lowest BCUT2D eigenvalue weighted by Gasteiger charge is -2.29. The molecule has 1 aliphatic carbocycles. The van der Waals surface area contributed by atoms with E-state index in [9.17, 15) is 4.79 Å². The number of carbonyl (C=O) groups is 1. The van der Waals surface area contributed by atoms with Gasteiger partial charge in [-0.3, -0.25) is 4.79 Å². The number of rotatable bonds is 6. The number of carbonyl (C=O) groups excluding carboxylic acids is 1. The van der Waals surface area contributed by atoms with Gasteiger partial charge in [0.2, 0.25) is 5.95 Å². The topological polar surface area (TPSA) is 95.9 Å². The lowest BCUT2D eigenvalue weighted by molar-refractivity contribution is 0.0944. The Balaban J connectivity index is 1.17. The fourth-order valence-corrected chi connectivity index (χ4v) is 4.68. The number of fused-ring (bicyclic) bond motifs is 2. The normalized spacial score (nSPS) is 18.1. The van der Waals surface area contributed by atoms with E-state index in [-0.39, 0.29) is 5.91 Å². The van der Waals surface area contributed by atoms with Crippen molar-refractivity contribution < 1.29 is 4.79 Å². The molecule has 34 heavy (non-hydrogen) atoms. The van der Waals surface area contributed by atoms with Crippen molar-refractivity contribution in [3.05, 3.63) is 60.3 Å². The predicted octanol–water partition coefficient (Wildman–Crippen LogP) is 4.04. The quantitative estimate of drug-likeness (QED) is 0.453. The summed E-state index contributed by atoms with van der Waals surface area (Å²) in [5.41, 5.74) is 2.25. The summed E-state index contributed by atoms with van der Waals surface area (Å²) >= 11 is 0. The number of hydrogen-bond acceptors (Lipinski definition) is 7. The van der Waals surface area contributed by atoms with Gasteiger partial charge in [-0.05, 0) is 49.8 Å². The van der Waals surface area contributed by atoms with Crippen molar-refractivity contribution >= 4 is 39.5 Å². The predicted molar refractivity (Wildman–Crippen MR) is 135 cm³/mol. The first-order valence-electron chi connectivity index (χ1n) is 11.8. The maximum Gasteiger partial charge on any atom is 0.253 e. The molecule has 1 saturated carbocycles. The lowest BCUT2D eigenvalue weighted by atomic mass is 9.86. The number of amides is 1. The van der Waals surface area contributed by atoms with Crippen molar-refractivity contribution in [3.63, 3.8) is 0 Å². The molecule has 1 aliphatic rings. The Morgan fingerprint density at radius 1 is 0.941 bits per heavy atom. The second-order valence-corrected chi connectivity index (χ2v) is 9.13. The van der Waals surface area contributed by atoms with Crippen molar-refractivity contribution in [1.29, 1.82) is 0 Å². The van der Waals surface area contributed by atoms with Crippen LogP contribution in [0.25, 0.3) is 21.8 Å². The summed E-state index contributed by atoms with van der Waals surface area (Å²) in [6.45, 7) is 0.666. The van der Waals surface area contributed by atoms with Crippen molar-refractivity contribution in [1.82, 2.24) is 25.5 Å². The zero-order valence-electron chi connectivity index (χ0n) is 19.5. The molecule has 0 saturated heterocycles. The summed E-state index contributed by atoms with van der Waals surface area (Å²) in [4.78, 5) is 24.3. The van der Waals surface area contributed by atoms with Gasteiger partial charge in [-0.1, -0.05) is 30.3 Å². The van der Waals surface area contributed by atoms with E-state index in [0.29, 0.717) is 30.0 Å². The molecule has 2 aromatic carbocycles. The summed E-state index contributed by atoms with van der Waals surface area (Å²) in [5.74, 6) is 1.96. The Hall–Kier alpha value is -3.81. The van der Waals surface area contributed by atoms with Gasteiger partial charge >= 0.3 is 0 Å². The first-order chi connectivity index (χ1) is 16.6. The fourth-order valence-electron chi connectivity index (χ4n) is 4.68. The molecule has 2 aromatic heterocycles. The molecule has 0 spiro atoms. The molecule has 0 radical (unpaired) electrons. The maximum atomic E-state index is 12.8. The molecular weight excluding hydrogens is 426 g/mol. The van der Waals surface area contributed by atoms with Crippen LogP contribution >= 0.6 is 0 Å². The highest BCUT2D eigenvalue weighted by atomic mass is 16.1. The molecule has 8 nitrogen and oxygen atoms in total. The van der Waals surface area contributed by atoms with Gasteiger partial charge in [0.1, 0.15) is 5.82 Å². The van der Waals surface area contributed by atoms with Gasteiger partial charge in [0.15, 0.2) is 0 Å². The van der Waals surface area contributed by atoms with Crippen LogP contribution in [-0.4, -0.2) is 52.8 Å². The SMILES string of the molecule is CN(C)c1nc(N[C@H]2CC[C@@H](CNC(=O)c3cnnc4ccccc34)CC2)nc2ccccc12. The molecule has 0 atom stereocenters. The molecule has 1 amide bonds. The summed E-state index contributed by atoms with van der Waals surface area (Å²) in [6.07, 6.45) is 5.67. The third-order valence-electron chi connectivity index (χ3n) is 6.53. The number of hydrogen-bond donors (Lipinski definition) is 2. The third kappa shape index (κ3) is 4.62. The second-order valence-electron chi connectivity index (χ2n) is 9.13. The Kier molecular flexibility index (Phi) is 6.20. The van der Waals surface area contributed by atoms with E-state index in [4.69, 9.17) is 9.97 Å². The average Bonchev–Trinajstić information content (AvgIpc) is 2.87. The van der Waals surface area contributed by atoms with Gasteiger partial charge in [0.25, 0.3) is 5.91 Å². The van der Waals surface area contributed by atoms with E-state index in [1.54, 1.807) is 6.20 Å². The molecule has 0 bridgehead atoms. The highest BCUT2D eigenvalue weighted by Gasteiger charge is 2.23. The van der Waals surface area contributed by atoms with Crippen LogP contribution in [0.1, 0.15) is 36.0 Å². The van der Waals surface area contributed by atoms with Crippen LogP contribution in [0.2, 0.25) is 0 Å². The highest BCUT2D eigenvalue weighted by Crippen LogP contribution is 2.28. The lowest BCUT2D eigenvalue weighted by Crippen LogP contribution is -2.34. The van der Waals surface area contributed by atoms with Crippen LogP contribution in [0.5, 0.6) is 0 Å². The van der Waals surface area contributed by atoms with Gasteiger partial charge in [0.05, 0.1) is 22.8 Å². The van der Waals surface area contributed by atoms with E-state index in [1.807, 2.05) is 61.5 Å². The van der Waals surface area contributed by atoms with E-state index < -0.39 is 0 Å². The van der Waals surface area contributed by atoms with Crippen molar-refractivity contribution in [2.24, 2.45) is 5.92 Å². The molecule has 0 unspecified atom stereocenters. The Bertz CT molecular complexity index is 1310. The van der Waals surface area contributed by atoms with Crippen molar-refractivity contribution in [3.8, 4) is 0 Å². The minimum Gasteiger partial charge on any atom is -0.362 e. The Morgan fingerprint density at radius 2 is 1.65 bits per heavy atom. The van der Waals surface area contributed by atoms with E-state index in [2.05, 4.69) is 26.9 Å². The van der Waals surface area contributed by atoms with Crippen LogP contribution in [0.15, 0.2) is 54.7 Å². The molecule has 174 valence electrons. The molecule has 5 rings (SSSR count). The zero-order valence-corrected chi connectivity index (χ0v) is 19.5. The average molecular weight is 456 g/mol. The van der Waals surface area contributed by atoms with Crippen molar-refractivity contribution in [2.45, 2.75) is 31.7 Å². The first-order valence-corrected chi connectivity index (χ1v) is 11.8. The summed E-state index contributed by atoms with van der Waals surface area (Å²) < 4.78 is 0. The van der Waals surface area contributed by atoms with Gasteiger partial charge in [0, 0.05) is 37.5 Å². The van der Waals surface area contributed by atoms with E-state index in [0.717, 1.165) is 53.3 Å². The van der Waals surface area contributed by atoms with Crippen LogP contribution in [-0.2, 0) is 0 Å². The molecule has 2 heterocycles. The largest absolute Gasteiger partial charge is 0.362 e. The molecule has 1 fully saturated rings. The van der Waals surface area contributed by atoms with Crippen LogP contribution in [0.4, 0.5) is 11.8 Å². The Morgan fingerprint density at radius 3 is 2.41 bits per heavy atom. The van der Waals surface area contributed by atoms with Crippen LogP contribution in [0.3, 0.4) is 0 Å². The Labute approximate surface area is 198 Å². The number of para-hydroxylation sites is 1. The fraction of sp³-hybridized carbons (Fsp3) is 0.346. The number of anilines is 2. The van der Waals surface area contributed by atoms with Gasteiger partial charge < -0.3 is 15.5 Å². The smallest absolute Gasteiger partial charge is 0.253 e. The van der Waals surface area contributed by atoms with Crippen LogP contribution in [0, 0.1) is 5.92 Å². The van der Waals surface area contributed by atoms with Gasteiger partial charge in [-0.15, -0.1) is 0 Å². The molecule has 4 aromatic rings. The molecule has 0 aliphatic heterocycles. The zero-order chi connectivity index (χ0) is 23.5. The van der Waals surface area contributed by atoms with Gasteiger partial charge in [-0.2, -0.15) is 15.2 Å². The monoisotopic (exact) mass is 455 g/mol. The van der Waals surface area contributed by atoms with Gasteiger partial charge in [-0.25, -0.2) is 4.98 Å². The third-order valence-corrected chi connectivity index (χ3v) is 6.53. The number of benzene rings is 2. The summed E-state index contributed by atoms with van der Waals surface area (Å²) in [7, 11) is 4.01. The minimum atomic E-state index is -0.0906. The minimum absolute atomic E-state index is 0.0906. The molecular formula is C26H29N7O. The van der Waals surface area contributed by atoms with E-state index in [1.165, 1.54) is 0 Å². The number of nitrogens with zero attached hydrogens (tertiary/aromatic N) is 5. The standard InChI is InChI=1S/C26H29N7O/c1-33(2)24-20-8-4-5-9-22(20)30-26(31-24)29-18-13-11-17(12-14-18)15-27-25(34)21-16-28-32-23-10-6-3-7-19(21)23/h3-10,16-18H,11-15H2,1-2H3,(H,27,34)(H,29,30,31)/t17-,18+. The molecule has 2 N–H and O–H groups in total. The maximum absolute atomic E-state index is 12.8. The molecule has 8 heteroatoms. The van der Waals surface area contributed by atoms with Crippen LogP contribution < -0.4 is 15.5 Å².